The maximum absolute atomic E-state index is 14.0. The van der Waals surface area contributed by atoms with E-state index in [0.29, 0.717) is 22.7 Å². The van der Waals surface area contributed by atoms with E-state index in [-0.39, 0.29) is 17.7 Å². The molecule has 1 amide bonds. The minimum Gasteiger partial charge on any atom is -0.493 e. The molecule has 3 aromatic carbocycles. The summed E-state index contributed by atoms with van der Waals surface area (Å²) in [4.78, 5) is 12.1. The normalized spacial score (nSPS) is 10.8. The van der Waals surface area contributed by atoms with E-state index in [2.05, 4.69) is 5.32 Å². The fourth-order valence-electron chi connectivity index (χ4n) is 2.78. The van der Waals surface area contributed by atoms with Gasteiger partial charge in [0.2, 0.25) is 0 Å². The molecule has 7 heteroatoms. The molecule has 0 unspecified atom stereocenters. The highest BCUT2D eigenvalue weighted by atomic mass is 19.1. The average Bonchev–Trinajstić information content (AvgIpc) is 2.78. The van der Waals surface area contributed by atoms with Crippen LogP contribution in [0.3, 0.4) is 0 Å². The number of methoxy groups -OCH3 is 1. The van der Waals surface area contributed by atoms with Crippen LogP contribution in [0.5, 0.6) is 11.5 Å². The van der Waals surface area contributed by atoms with E-state index in [1.807, 2.05) is 6.07 Å². The molecule has 0 saturated carbocycles. The van der Waals surface area contributed by atoms with Crippen LogP contribution in [-0.4, -0.2) is 19.6 Å². The minimum absolute atomic E-state index is 0.160. The molecular formula is C24H18F2N2O3. The van der Waals surface area contributed by atoms with Crippen molar-refractivity contribution in [1.82, 2.24) is 0 Å². The van der Waals surface area contributed by atoms with Gasteiger partial charge in [0.05, 0.1) is 18.8 Å². The third kappa shape index (κ3) is 5.67. The first kappa shape index (κ1) is 21.5. The maximum atomic E-state index is 14.0. The number of benzene rings is 3. The number of rotatable bonds is 7. The van der Waals surface area contributed by atoms with Crippen molar-refractivity contribution in [2.45, 2.75) is 0 Å². The monoisotopic (exact) mass is 420 g/mol. The molecule has 0 aromatic heterocycles. The van der Waals surface area contributed by atoms with Gasteiger partial charge in [-0.15, -0.1) is 0 Å². The van der Waals surface area contributed by atoms with Gasteiger partial charge in [0.15, 0.2) is 18.1 Å². The zero-order valence-electron chi connectivity index (χ0n) is 16.6. The van der Waals surface area contributed by atoms with E-state index in [1.165, 1.54) is 49.6 Å². The quantitative estimate of drug-likeness (QED) is 0.429. The fourth-order valence-corrected chi connectivity index (χ4v) is 2.78. The molecule has 0 aliphatic heterocycles. The summed E-state index contributed by atoms with van der Waals surface area (Å²) in [6.07, 6.45) is 1.53. The number of anilines is 1. The lowest BCUT2D eigenvalue weighted by Crippen LogP contribution is -2.20. The Morgan fingerprint density at radius 1 is 1.06 bits per heavy atom. The van der Waals surface area contributed by atoms with Crippen molar-refractivity contribution >= 4 is 23.2 Å². The van der Waals surface area contributed by atoms with E-state index < -0.39 is 17.5 Å². The summed E-state index contributed by atoms with van der Waals surface area (Å²) >= 11 is 0. The SMILES string of the molecule is COc1cc(C=C(C#N)c2ccccc2F)ccc1OCC(=O)Nc1ccc(F)cc1. The van der Waals surface area contributed by atoms with Crippen LogP contribution in [0.25, 0.3) is 11.6 Å². The summed E-state index contributed by atoms with van der Waals surface area (Å²) in [5, 5.41) is 12.0. The molecule has 3 rings (SSSR count). The Morgan fingerprint density at radius 3 is 2.48 bits per heavy atom. The Kier molecular flexibility index (Phi) is 6.97. The predicted molar refractivity (Wildman–Crippen MR) is 113 cm³/mol. The molecule has 0 bridgehead atoms. The fraction of sp³-hybridized carbons (Fsp3) is 0.0833. The molecule has 156 valence electrons. The van der Waals surface area contributed by atoms with E-state index in [0.717, 1.165) is 0 Å². The lowest BCUT2D eigenvalue weighted by atomic mass is 10.0. The van der Waals surface area contributed by atoms with E-state index >= 15 is 0 Å². The van der Waals surface area contributed by atoms with Crippen LogP contribution in [0.2, 0.25) is 0 Å². The molecule has 31 heavy (non-hydrogen) atoms. The van der Waals surface area contributed by atoms with Gasteiger partial charge in [0, 0.05) is 11.3 Å². The number of nitrogens with zero attached hydrogens (tertiary/aromatic N) is 1. The summed E-state index contributed by atoms with van der Waals surface area (Å²) in [5.74, 6) is -0.659. The molecule has 0 atom stereocenters. The van der Waals surface area contributed by atoms with Crippen LogP contribution in [-0.2, 0) is 4.79 Å². The summed E-state index contributed by atoms with van der Waals surface area (Å²) in [6.45, 7) is -0.290. The first-order valence-corrected chi connectivity index (χ1v) is 9.23. The molecule has 5 nitrogen and oxygen atoms in total. The molecule has 0 saturated heterocycles. The number of allylic oxidation sites excluding steroid dienone is 1. The van der Waals surface area contributed by atoms with Crippen molar-refractivity contribution in [3.63, 3.8) is 0 Å². The highest BCUT2D eigenvalue weighted by molar-refractivity contribution is 5.92. The average molecular weight is 420 g/mol. The number of hydrogen-bond acceptors (Lipinski definition) is 4. The largest absolute Gasteiger partial charge is 0.493 e. The number of ether oxygens (including phenoxy) is 2. The molecule has 0 aliphatic rings. The summed E-state index contributed by atoms with van der Waals surface area (Å²) in [6, 6.07) is 18.2. The molecule has 0 heterocycles. The molecule has 3 aromatic rings. The number of nitriles is 1. The molecule has 0 spiro atoms. The second kappa shape index (κ2) is 10.0. The molecular weight excluding hydrogens is 402 g/mol. The second-order valence-electron chi connectivity index (χ2n) is 6.40. The van der Waals surface area contributed by atoms with Gasteiger partial charge in [-0.2, -0.15) is 5.26 Å². The highest BCUT2D eigenvalue weighted by Gasteiger charge is 2.11. The van der Waals surface area contributed by atoms with Gasteiger partial charge in [-0.25, -0.2) is 8.78 Å². The Labute approximate surface area is 178 Å². The van der Waals surface area contributed by atoms with Crippen LogP contribution in [0.4, 0.5) is 14.5 Å². The standard InChI is InChI=1S/C24H18F2N2O3/c1-30-23-13-16(12-17(14-27)20-4-2-3-5-21(20)26)6-11-22(23)31-15-24(29)28-19-9-7-18(25)8-10-19/h2-13H,15H2,1H3,(H,28,29). The van der Waals surface area contributed by atoms with Crippen molar-refractivity contribution in [2.75, 3.05) is 19.0 Å². The van der Waals surface area contributed by atoms with Crippen molar-refractivity contribution in [2.24, 2.45) is 0 Å². The summed E-state index contributed by atoms with van der Waals surface area (Å²) in [7, 11) is 1.44. The van der Waals surface area contributed by atoms with Gasteiger partial charge < -0.3 is 14.8 Å². The smallest absolute Gasteiger partial charge is 0.262 e. The Balaban J connectivity index is 1.72. The Morgan fingerprint density at radius 2 is 1.81 bits per heavy atom. The lowest BCUT2D eigenvalue weighted by molar-refractivity contribution is -0.118. The highest BCUT2D eigenvalue weighted by Crippen LogP contribution is 2.30. The third-order valence-electron chi connectivity index (χ3n) is 4.27. The minimum atomic E-state index is -0.491. The third-order valence-corrected chi connectivity index (χ3v) is 4.27. The Hall–Kier alpha value is -4.18. The van der Waals surface area contributed by atoms with E-state index in [4.69, 9.17) is 9.47 Å². The number of nitrogens with one attached hydrogen (secondary N) is 1. The number of carbonyl (C=O) groups excluding carboxylic acids is 1. The Bertz CT molecular complexity index is 1150. The number of amides is 1. The second-order valence-corrected chi connectivity index (χ2v) is 6.40. The summed E-state index contributed by atoms with van der Waals surface area (Å²) in [5.41, 5.74) is 1.40. The van der Waals surface area contributed by atoms with E-state index in [1.54, 1.807) is 30.3 Å². The maximum Gasteiger partial charge on any atom is 0.262 e. The first-order valence-electron chi connectivity index (χ1n) is 9.23. The van der Waals surface area contributed by atoms with Crippen molar-refractivity contribution in [3.8, 4) is 17.6 Å². The van der Waals surface area contributed by atoms with Gasteiger partial charge in [0.1, 0.15) is 11.6 Å². The van der Waals surface area contributed by atoms with Crippen molar-refractivity contribution in [3.05, 3.63) is 89.5 Å². The van der Waals surface area contributed by atoms with Crippen LogP contribution in [0, 0.1) is 23.0 Å². The van der Waals surface area contributed by atoms with Gasteiger partial charge in [-0.1, -0.05) is 24.3 Å². The summed E-state index contributed by atoms with van der Waals surface area (Å²) < 4.78 is 37.8. The van der Waals surface area contributed by atoms with Gasteiger partial charge in [0.25, 0.3) is 5.91 Å². The molecule has 1 N–H and O–H groups in total. The van der Waals surface area contributed by atoms with Crippen LogP contribution in [0.1, 0.15) is 11.1 Å². The van der Waals surface area contributed by atoms with Crippen molar-refractivity contribution in [1.29, 1.82) is 5.26 Å². The van der Waals surface area contributed by atoms with Gasteiger partial charge >= 0.3 is 0 Å². The molecule has 0 radical (unpaired) electrons. The van der Waals surface area contributed by atoms with Gasteiger partial charge in [-0.05, 0) is 54.1 Å². The molecule has 0 fully saturated rings. The number of halogens is 2. The number of hydrogen-bond donors (Lipinski definition) is 1. The van der Waals surface area contributed by atoms with Crippen LogP contribution >= 0.6 is 0 Å². The van der Waals surface area contributed by atoms with Gasteiger partial charge in [-0.3, -0.25) is 4.79 Å². The zero-order chi connectivity index (χ0) is 22.2. The molecule has 0 aliphatic carbocycles. The van der Waals surface area contributed by atoms with Crippen LogP contribution < -0.4 is 14.8 Å². The van der Waals surface area contributed by atoms with Crippen molar-refractivity contribution < 1.29 is 23.0 Å². The zero-order valence-corrected chi connectivity index (χ0v) is 16.6. The lowest BCUT2D eigenvalue weighted by Gasteiger charge is -2.12. The topological polar surface area (TPSA) is 71.3 Å². The van der Waals surface area contributed by atoms with E-state index in [9.17, 15) is 18.8 Å². The first-order chi connectivity index (χ1) is 15.0. The number of carbonyl (C=O) groups is 1. The predicted octanol–water partition coefficient (Wildman–Crippen LogP) is 5.06. The van der Waals surface area contributed by atoms with Crippen LogP contribution in [0.15, 0.2) is 66.7 Å².